The first-order chi connectivity index (χ1) is 5.27. The molecule has 0 aliphatic rings. The molecule has 1 heterocycles. The van der Waals surface area contributed by atoms with E-state index in [1.165, 1.54) is 25.1 Å². The third-order valence-corrected chi connectivity index (χ3v) is 1.65. The lowest BCUT2D eigenvalue weighted by atomic mass is 10.6. The van der Waals surface area contributed by atoms with E-state index >= 15 is 0 Å². The zero-order valence-electron chi connectivity index (χ0n) is 6.24. The van der Waals surface area contributed by atoms with Crippen molar-refractivity contribution in [2.45, 2.75) is 5.16 Å². The van der Waals surface area contributed by atoms with Crippen LogP contribution in [0.25, 0.3) is 0 Å². The number of aromatic nitrogens is 2. The second-order valence-corrected chi connectivity index (χ2v) is 2.52. The van der Waals surface area contributed by atoms with Gasteiger partial charge in [0.1, 0.15) is 0 Å². The van der Waals surface area contributed by atoms with E-state index in [1.807, 2.05) is 6.26 Å². The molecular formula is C6H8N2O2S. The lowest BCUT2D eigenvalue weighted by Crippen LogP contribution is -1.91. The van der Waals surface area contributed by atoms with E-state index < -0.39 is 0 Å². The maximum Gasteiger partial charge on any atom is 0.260 e. The summed E-state index contributed by atoms with van der Waals surface area (Å²) < 4.78 is 4.77. The largest absolute Gasteiger partial charge is 0.502 e. The van der Waals surface area contributed by atoms with E-state index in [0.717, 1.165) is 0 Å². The quantitative estimate of drug-likeness (QED) is 0.531. The van der Waals surface area contributed by atoms with Crippen LogP contribution in [0.15, 0.2) is 11.4 Å². The highest BCUT2D eigenvalue weighted by Crippen LogP contribution is 2.23. The summed E-state index contributed by atoms with van der Waals surface area (Å²) in [5, 5.41) is 9.65. The molecule has 0 unspecified atom stereocenters. The molecule has 11 heavy (non-hydrogen) atoms. The minimum atomic E-state index is -0.0368. The highest BCUT2D eigenvalue weighted by atomic mass is 32.2. The second-order valence-electron chi connectivity index (χ2n) is 1.75. The van der Waals surface area contributed by atoms with Gasteiger partial charge in [0.2, 0.25) is 0 Å². The Morgan fingerprint density at radius 2 is 2.36 bits per heavy atom. The fourth-order valence-corrected chi connectivity index (χ4v) is 0.925. The van der Waals surface area contributed by atoms with Crippen molar-refractivity contribution in [2.75, 3.05) is 13.4 Å². The molecule has 5 heteroatoms. The van der Waals surface area contributed by atoms with E-state index in [4.69, 9.17) is 9.84 Å². The van der Waals surface area contributed by atoms with Crippen molar-refractivity contribution in [2.24, 2.45) is 0 Å². The molecule has 0 saturated heterocycles. The Hall–Kier alpha value is -0.970. The molecule has 0 atom stereocenters. The summed E-state index contributed by atoms with van der Waals surface area (Å²) in [7, 11) is 1.45. The third kappa shape index (κ3) is 1.74. The van der Waals surface area contributed by atoms with Crippen LogP contribution >= 0.6 is 11.8 Å². The number of methoxy groups -OCH3 is 1. The summed E-state index contributed by atoms with van der Waals surface area (Å²) in [5.41, 5.74) is 0. The molecule has 0 radical (unpaired) electrons. The Kier molecular flexibility index (Phi) is 2.53. The lowest BCUT2D eigenvalue weighted by Gasteiger charge is -2.01. The topological polar surface area (TPSA) is 55.2 Å². The molecule has 1 rings (SSSR count). The number of ether oxygens (including phenoxy) is 1. The summed E-state index contributed by atoms with van der Waals surface area (Å²) in [6.45, 7) is 0. The summed E-state index contributed by atoms with van der Waals surface area (Å²) in [6.07, 6.45) is 3.17. The van der Waals surface area contributed by atoms with E-state index in [0.29, 0.717) is 5.16 Å². The molecule has 1 aromatic heterocycles. The zero-order chi connectivity index (χ0) is 8.27. The number of thioether (sulfide) groups is 1. The molecular weight excluding hydrogens is 164 g/mol. The minimum Gasteiger partial charge on any atom is -0.502 e. The highest BCUT2D eigenvalue weighted by molar-refractivity contribution is 7.98. The first-order valence-corrected chi connectivity index (χ1v) is 4.14. The number of nitrogens with zero attached hydrogens (tertiary/aromatic N) is 2. The van der Waals surface area contributed by atoms with Crippen LogP contribution in [-0.2, 0) is 0 Å². The molecule has 0 amide bonds. The van der Waals surface area contributed by atoms with Crippen LogP contribution in [0.4, 0.5) is 0 Å². The SMILES string of the molecule is COc1nc(SC)ncc1O. The van der Waals surface area contributed by atoms with Gasteiger partial charge >= 0.3 is 0 Å². The average Bonchev–Trinajstić information content (AvgIpc) is 2.05. The third-order valence-electron chi connectivity index (χ3n) is 1.09. The lowest BCUT2D eigenvalue weighted by molar-refractivity contribution is 0.352. The van der Waals surface area contributed by atoms with Crippen molar-refractivity contribution >= 4 is 11.8 Å². The van der Waals surface area contributed by atoms with E-state index in [9.17, 15) is 0 Å². The van der Waals surface area contributed by atoms with Gasteiger partial charge in [-0.25, -0.2) is 4.98 Å². The second kappa shape index (κ2) is 3.43. The maximum atomic E-state index is 9.07. The van der Waals surface area contributed by atoms with Crippen LogP contribution in [0.3, 0.4) is 0 Å². The van der Waals surface area contributed by atoms with Gasteiger partial charge < -0.3 is 9.84 Å². The molecule has 0 aliphatic heterocycles. The number of rotatable bonds is 2. The van der Waals surface area contributed by atoms with Crippen molar-refractivity contribution < 1.29 is 9.84 Å². The van der Waals surface area contributed by atoms with Crippen LogP contribution in [0, 0.1) is 0 Å². The Labute approximate surface area is 68.6 Å². The monoisotopic (exact) mass is 172 g/mol. The fourth-order valence-electron chi connectivity index (χ4n) is 0.593. The van der Waals surface area contributed by atoms with Crippen molar-refractivity contribution in [3.05, 3.63) is 6.20 Å². The standard InChI is InChI=1S/C6H8N2O2S/c1-10-5-4(9)3-7-6(8-5)11-2/h3,9H,1-2H3. The molecule has 4 nitrogen and oxygen atoms in total. The Bertz CT molecular complexity index is 254. The van der Waals surface area contributed by atoms with Crippen molar-refractivity contribution in [3.8, 4) is 11.6 Å². The van der Waals surface area contributed by atoms with Gasteiger partial charge in [0.05, 0.1) is 13.3 Å². The Morgan fingerprint density at radius 3 is 2.91 bits per heavy atom. The summed E-state index contributed by atoms with van der Waals surface area (Å²) in [5.74, 6) is 0.176. The predicted molar refractivity (Wildman–Crippen MR) is 42.0 cm³/mol. The zero-order valence-corrected chi connectivity index (χ0v) is 7.05. The molecule has 0 spiro atoms. The van der Waals surface area contributed by atoms with E-state index in [-0.39, 0.29) is 11.6 Å². The highest BCUT2D eigenvalue weighted by Gasteiger charge is 2.03. The van der Waals surface area contributed by atoms with Crippen LogP contribution in [0.1, 0.15) is 0 Å². The first kappa shape index (κ1) is 8.13. The van der Waals surface area contributed by atoms with Gasteiger partial charge in [0.25, 0.3) is 5.88 Å². The molecule has 60 valence electrons. The van der Waals surface area contributed by atoms with Gasteiger partial charge in [-0.3, -0.25) is 0 Å². The number of hydrogen-bond acceptors (Lipinski definition) is 5. The molecule has 1 aromatic rings. The normalized spacial score (nSPS) is 9.64. The van der Waals surface area contributed by atoms with Gasteiger partial charge in [-0.15, -0.1) is 0 Å². The van der Waals surface area contributed by atoms with Gasteiger partial charge in [0.15, 0.2) is 10.9 Å². The number of aromatic hydroxyl groups is 1. The van der Waals surface area contributed by atoms with Crippen LogP contribution in [-0.4, -0.2) is 28.4 Å². The summed E-state index contributed by atoms with van der Waals surface area (Å²) >= 11 is 1.39. The molecule has 0 aromatic carbocycles. The molecule has 0 saturated carbocycles. The summed E-state index contributed by atoms with van der Waals surface area (Å²) in [4.78, 5) is 7.72. The van der Waals surface area contributed by atoms with Crippen LogP contribution in [0.2, 0.25) is 0 Å². The fraction of sp³-hybridized carbons (Fsp3) is 0.333. The molecule has 1 N–H and O–H groups in total. The van der Waals surface area contributed by atoms with Crippen molar-refractivity contribution in [1.82, 2.24) is 9.97 Å². The Balaban J connectivity index is 3.02. The van der Waals surface area contributed by atoms with E-state index in [2.05, 4.69) is 9.97 Å². The van der Waals surface area contributed by atoms with Gasteiger partial charge in [-0.05, 0) is 6.26 Å². The minimum absolute atomic E-state index is 0.0368. The predicted octanol–water partition coefficient (Wildman–Crippen LogP) is 0.913. The molecule has 0 fully saturated rings. The smallest absolute Gasteiger partial charge is 0.260 e. The van der Waals surface area contributed by atoms with Gasteiger partial charge in [-0.2, -0.15) is 4.98 Å². The van der Waals surface area contributed by atoms with Crippen molar-refractivity contribution in [3.63, 3.8) is 0 Å². The Morgan fingerprint density at radius 1 is 1.64 bits per heavy atom. The summed E-state index contributed by atoms with van der Waals surface area (Å²) in [6, 6.07) is 0. The van der Waals surface area contributed by atoms with Gasteiger partial charge in [-0.1, -0.05) is 11.8 Å². The first-order valence-electron chi connectivity index (χ1n) is 2.92. The van der Waals surface area contributed by atoms with Crippen LogP contribution in [0.5, 0.6) is 11.6 Å². The van der Waals surface area contributed by atoms with Crippen LogP contribution < -0.4 is 4.74 Å². The molecule has 0 bridgehead atoms. The van der Waals surface area contributed by atoms with Crippen molar-refractivity contribution in [1.29, 1.82) is 0 Å². The maximum absolute atomic E-state index is 9.07. The number of hydrogen-bond donors (Lipinski definition) is 1. The average molecular weight is 172 g/mol. The molecule has 0 aliphatic carbocycles. The van der Waals surface area contributed by atoms with Gasteiger partial charge in [0, 0.05) is 0 Å². The van der Waals surface area contributed by atoms with E-state index in [1.54, 1.807) is 0 Å².